The minimum Gasteiger partial charge on any atom is -0.508 e. The third-order valence-electron chi connectivity index (χ3n) is 7.42. The Hall–Kier alpha value is -5.09. The van der Waals surface area contributed by atoms with E-state index < -0.39 is 74.9 Å². The van der Waals surface area contributed by atoms with E-state index in [9.17, 15) is 54.4 Å². The van der Waals surface area contributed by atoms with Gasteiger partial charge in [0, 0.05) is 41.2 Å². The van der Waals surface area contributed by atoms with Crippen LogP contribution in [0.2, 0.25) is 0 Å². The molecular weight excluding hydrogens is 616 g/mol. The van der Waals surface area contributed by atoms with Crippen LogP contribution in [0.15, 0.2) is 60.7 Å². The van der Waals surface area contributed by atoms with Gasteiger partial charge in [-0.3, -0.25) is 4.55 Å². The van der Waals surface area contributed by atoms with Crippen molar-refractivity contribution in [2.45, 2.75) is 37.1 Å². The predicted octanol–water partition coefficient (Wildman–Crippen LogP) is 2.58. The van der Waals surface area contributed by atoms with E-state index >= 15 is 0 Å². The van der Waals surface area contributed by atoms with Crippen molar-refractivity contribution >= 4 is 10.4 Å². The topological polar surface area (TPSA) is 255 Å². The van der Waals surface area contributed by atoms with Gasteiger partial charge in [-0.1, -0.05) is 18.2 Å². The van der Waals surface area contributed by atoms with Crippen LogP contribution < -0.4 is 8.92 Å². The minimum atomic E-state index is -5.02. The van der Waals surface area contributed by atoms with E-state index in [-0.39, 0.29) is 52.2 Å². The van der Waals surface area contributed by atoms with Crippen LogP contribution in [-0.4, -0.2) is 71.1 Å². The molecule has 10 N–H and O–H groups in total. The monoisotopic (exact) mass is 644 g/mol. The number of rotatable bonds is 8. The van der Waals surface area contributed by atoms with E-state index in [0.717, 1.165) is 30.3 Å². The van der Waals surface area contributed by atoms with Crippen molar-refractivity contribution in [3.8, 4) is 51.7 Å². The number of ether oxygens (including phenoxy) is 1. The highest BCUT2D eigenvalue weighted by Gasteiger charge is 2.39. The molecule has 238 valence electrons. The largest absolute Gasteiger partial charge is 0.508 e. The molecule has 0 aromatic heterocycles. The molecule has 0 saturated carbocycles. The van der Waals surface area contributed by atoms with Gasteiger partial charge in [0.05, 0.1) is 12.2 Å². The van der Waals surface area contributed by atoms with Gasteiger partial charge < -0.3 is 54.9 Å². The molecule has 4 unspecified atom stereocenters. The summed E-state index contributed by atoms with van der Waals surface area (Å²) in [6.45, 7) is 0. The molecule has 0 bridgehead atoms. The fourth-order valence-corrected chi connectivity index (χ4v) is 5.79. The van der Waals surface area contributed by atoms with Crippen LogP contribution in [0.25, 0.3) is 0 Å². The smallest absolute Gasteiger partial charge is 0.446 e. The summed E-state index contributed by atoms with van der Waals surface area (Å²) in [5.74, 6) is -5.63. The lowest BCUT2D eigenvalue weighted by Crippen LogP contribution is -2.32. The van der Waals surface area contributed by atoms with Gasteiger partial charge in [0.25, 0.3) is 0 Å². The molecule has 14 nitrogen and oxygen atoms in total. The molecule has 0 amide bonds. The molecule has 4 atom stereocenters. The van der Waals surface area contributed by atoms with Gasteiger partial charge in [-0.25, -0.2) is 0 Å². The lowest BCUT2D eigenvalue weighted by Gasteiger charge is -2.35. The van der Waals surface area contributed by atoms with Crippen LogP contribution in [0, 0.1) is 0 Å². The average molecular weight is 645 g/mol. The maximum absolute atomic E-state index is 11.7. The van der Waals surface area contributed by atoms with Gasteiger partial charge in [-0.05, 0) is 47.9 Å². The third kappa shape index (κ3) is 6.41. The van der Waals surface area contributed by atoms with Gasteiger partial charge in [-0.2, -0.15) is 8.42 Å². The molecule has 4 aromatic rings. The highest BCUT2D eigenvalue weighted by molar-refractivity contribution is 7.81. The number of phenolic OH excluding ortho intramolecular Hbond substituents is 7. The zero-order valence-electron chi connectivity index (χ0n) is 23.0. The maximum atomic E-state index is 11.7. The van der Waals surface area contributed by atoms with Crippen LogP contribution in [0.1, 0.15) is 39.8 Å². The van der Waals surface area contributed by atoms with Crippen LogP contribution in [0.5, 0.6) is 51.7 Å². The summed E-state index contributed by atoms with van der Waals surface area (Å²) >= 11 is 0. The average Bonchev–Trinajstić information content (AvgIpc) is 2.94. The van der Waals surface area contributed by atoms with E-state index in [0.29, 0.717) is 0 Å². The summed E-state index contributed by atoms with van der Waals surface area (Å²) in [6, 6.07) is 11.6. The SMILES string of the molecule is O=S(=O)(O)Oc1cc(CC(O)C(c2ccc(O)cc2O)c2c(O)cc(O)c3c2OC(c2ccc(O)c(O)c2)C(O)C3)ccc1O. The molecule has 15 heteroatoms. The molecule has 0 spiro atoms. The predicted molar refractivity (Wildman–Crippen MR) is 154 cm³/mol. The second-order valence-electron chi connectivity index (χ2n) is 10.5. The summed E-state index contributed by atoms with van der Waals surface area (Å²) in [4.78, 5) is 0. The van der Waals surface area contributed by atoms with Gasteiger partial charge in [0.1, 0.15) is 34.9 Å². The number of aromatic hydroxyl groups is 7. The zero-order valence-corrected chi connectivity index (χ0v) is 23.8. The summed E-state index contributed by atoms with van der Waals surface area (Å²) < 4.78 is 42.0. The molecule has 45 heavy (non-hydrogen) atoms. The molecule has 0 aliphatic carbocycles. The van der Waals surface area contributed by atoms with E-state index in [1.165, 1.54) is 30.3 Å². The van der Waals surface area contributed by atoms with E-state index in [1.54, 1.807) is 0 Å². The fraction of sp³-hybridized carbons (Fsp3) is 0.200. The molecule has 5 rings (SSSR count). The molecule has 1 heterocycles. The van der Waals surface area contributed by atoms with Crippen molar-refractivity contribution in [1.82, 2.24) is 0 Å². The molecule has 0 radical (unpaired) electrons. The van der Waals surface area contributed by atoms with E-state index in [1.807, 2.05) is 0 Å². The van der Waals surface area contributed by atoms with Gasteiger partial charge in [0.15, 0.2) is 23.0 Å². The molecule has 1 aliphatic heterocycles. The summed E-state index contributed by atoms with van der Waals surface area (Å²) in [6.07, 6.45) is -4.64. The molecule has 0 saturated heterocycles. The van der Waals surface area contributed by atoms with Crippen LogP contribution in [0.3, 0.4) is 0 Å². The highest BCUT2D eigenvalue weighted by Crippen LogP contribution is 2.52. The van der Waals surface area contributed by atoms with Crippen molar-refractivity contribution in [2.24, 2.45) is 0 Å². The first kappa shape index (κ1) is 31.3. The minimum absolute atomic E-state index is 0.0229. The number of phenols is 7. The Morgan fingerprint density at radius 2 is 1.51 bits per heavy atom. The zero-order chi connectivity index (χ0) is 32.8. The van der Waals surface area contributed by atoms with Gasteiger partial charge in [-0.15, -0.1) is 0 Å². The first-order chi connectivity index (χ1) is 21.1. The normalized spacial score (nSPS) is 17.6. The number of fused-ring (bicyclic) bond motifs is 1. The first-order valence-electron chi connectivity index (χ1n) is 13.3. The second kappa shape index (κ2) is 11.8. The Balaban J connectivity index is 1.65. The third-order valence-corrected chi connectivity index (χ3v) is 7.81. The standard InChI is InChI=1S/C30H28O14S/c31-15-3-4-16(20(34)10-15)27(23(37)7-13-1-5-19(33)26(8-13)44-45(40,41)42)28-24(38)12-21(35)17-11-25(39)29(43-30(17)28)14-2-6-18(32)22(36)9-14/h1-6,8-10,12,23,25,27,29,31-39H,7,11H2,(H,40,41,42). The van der Waals surface area contributed by atoms with Crippen molar-refractivity contribution in [2.75, 3.05) is 0 Å². The maximum Gasteiger partial charge on any atom is 0.446 e. The van der Waals surface area contributed by atoms with Crippen molar-refractivity contribution in [3.63, 3.8) is 0 Å². The van der Waals surface area contributed by atoms with Gasteiger partial charge in [0.2, 0.25) is 0 Å². The summed E-state index contributed by atoms with van der Waals surface area (Å²) in [5.41, 5.74) is 0.258. The number of benzene rings is 4. The molecule has 1 aliphatic rings. The second-order valence-corrected chi connectivity index (χ2v) is 11.5. The van der Waals surface area contributed by atoms with Crippen molar-refractivity contribution in [3.05, 3.63) is 88.5 Å². The van der Waals surface area contributed by atoms with Crippen LogP contribution in [0.4, 0.5) is 0 Å². The Labute approximate surface area is 255 Å². The number of aliphatic hydroxyl groups is 2. The van der Waals surface area contributed by atoms with Crippen molar-refractivity contribution < 1.29 is 67.8 Å². The fourth-order valence-electron chi connectivity index (χ4n) is 5.43. The Morgan fingerprint density at radius 1 is 0.800 bits per heavy atom. The molecular formula is C30H28O14S. The Morgan fingerprint density at radius 3 is 2.18 bits per heavy atom. The molecule has 4 aromatic carbocycles. The number of hydrogen-bond donors (Lipinski definition) is 10. The van der Waals surface area contributed by atoms with Crippen molar-refractivity contribution in [1.29, 1.82) is 0 Å². The van der Waals surface area contributed by atoms with Crippen LogP contribution in [-0.2, 0) is 23.2 Å². The first-order valence-corrected chi connectivity index (χ1v) is 14.6. The Kier molecular flexibility index (Phi) is 8.20. The number of aliphatic hydroxyl groups excluding tert-OH is 2. The molecule has 0 fully saturated rings. The summed E-state index contributed by atoms with van der Waals surface area (Å²) in [5, 5.41) is 95.0. The Bertz CT molecular complexity index is 1870. The van der Waals surface area contributed by atoms with E-state index in [4.69, 9.17) is 9.29 Å². The number of hydrogen-bond acceptors (Lipinski definition) is 13. The lowest BCUT2D eigenvalue weighted by atomic mass is 9.80. The van der Waals surface area contributed by atoms with Crippen LogP contribution >= 0.6 is 0 Å². The quantitative estimate of drug-likeness (QED) is 0.0977. The summed E-state index contributed by atoms with van der Waals surface area (Å²) in [7, 11) is -5.02. The van der Waals surface area contributed by atoms with Gasteiger partial charge >= 0.3 is 10.4 Å². The van der Waals surface area contributed by atoms with E-state index in [2.05, 4.69) is 4.18 Å². The lowest BCUT2D eigenvalue weighted by molar-refractivity contribution is 0.0181. The highest BCUT2D eigenvalue weighted by atomic mass is 32.3.